The highest BCUT2D eigenvalue weighted by Gasteiger charge is 2.13. The van der Waals surface area contributed by atoms with Crippen LogP contribution >= 0.6 is 0 Å². The zero-order chi connectivity index (χ0) is 14.7. The molecule has 0 saturated carbocycles. The molecule has 0 fully saturated rings. The summed E-state index contributed by atoms with van der Waals surface area (Å²) >= 11 is 0. The molecular weight excluding hydrogens is 260 g/mol. The smallest absolute Gasteiger partial charge is 0.278 e. The molecule has 0 radical (unpaired) electrons. The number of aryl methyl sites for hydroxylation is 2. The van der Waals surface area contributed by atoms with Gasteiger partial charge in [0, 0.05) is 0 Å². The summed E-state index contributed by atoms with van der Waals surface area (Å²) in [4.78, 5) is 14.3. The molecule has 0 spiro atoms. The van der Waals surface area contributed by atoms with Crippen LogP contribution in [0.5, 0.6) is 11.6 Å². The van der Waals surface area contributed by atoms with E-state index in [0.717, 1.165) is 11.1 Å². The van der Waals surface area contributed by atoms with Crippen molar-refractivity contribution in [3.8, 4) is 11.6 Å². The largest absolute Gasteiger partial charge is 0.438 e. The van der Waals surface area contributed by atoms with Crippen molar-refractivity contribution in [1.29, 1.82) is 0 Å². The third kappa shape index (κ3) is 3.01. The minimum absolute atomic E-state index is 0.110. The van der Waals surface area contributed by atoms with Gasteiger partial charge in [-0.3, -0.25) is 10.1 Å². The van der Waals surface area contributed by atoms with E-state index in [1.165, 1.54) is 12.1 Å². The van der Waals surface area contributed by atoms with Gasteiger partial charge in [0.05, 0.1) is 17.1 Å². The summed E-state index contributed by atoms with van der Waals surface area (Å²) in [5, 5.41) is 10.8. The van der Waals surface area contributed by atoms with Crippen molar-refractivity contribution in [2.45, 2.75) is 13.8 Å². The SMILES string of the molecule is Cc1ccc(Oc2cc([N+](=O)[O-])cc(NN)n2)c(C)c1. The number of hydrogen-bond acceptors (Lipinski definition) is 6. The number of nitrogen functional groups attached to an aromatic ring is 1. The number of nitro groups is 1. The molecular formula is C13H14N4O3. The maximum atomic E-state index is 10.8. The van der Waals surface area contributed by atoms with E-state index in [4.69, 9.17) is 10.6 Å². The Hall–Kier alpha value is -2.67. The van der Waals surface area contributed by atoms with Crippen molar-refractivity contribution in [3.05, 3.63) is 51.6 Å². The van der Waals surface area contributed by atoms with Gasteiger partial charge in [-0.15, -0.1) is 0 Å². The molecule has 7 heteroatoms. The molecule has 1 heterocycles. The van der Waals surface area contributed by atoms with Crippen LogP contribution in [-0.4, -0.2) is 9.91 Å². The highest BCUT2D eigenvalue weighted by molar-refractivity contribution is 5.49. The number of rotatable bonds is 4. The zero-order valence-corrected chi connectivity index (χ0v) is 11.1. The van der Waals surface area contributed by atoms with Crippen LogP contribution in [0.4, 0.5) is 11.5 Å². The van der Waals surface area contributed by atoms with Crippen molar-refractivity contribution >= 4 is 11.5 Å². The number of benzene rings is 1. The average molecular weight is 274 g/mol. The quantitative estimate of drug-likeness (QED) is 0.504. The molecule has 7 nitrogen and oxygen atoms in total. The first-order valence-electron chi connectivity index (χ1n) is 5.88. The third-order valence-electron chi connectivity index (χ3n) is 2.69. The van der Waals surface area contributed by atoms with Gasteiger partial charge in [0.15, 0.2) is 5.82 Å². The predicted octanol–water partition coefficient (Wildman–Crippen LogP) is 2.68. The Morgan fingerprint density at radius 1 is 1.30 bits per heavy atom. The lowest BCUT2D eigenvalue weighted by Crippen LogP contribution is -2.09. The fourth-order valence-electron chi connectivity index (χ4n) is 1.75. The van der Waals surface area contributed by atoms with E-state index in [-0.39, 0.29) is 17.4 Å². The molecule has 0 aliphatic rings. The highest BCUT2D eigenvalue weighted by atomic mass is 16.6. The summed E-state index contributed by atoms with van der Waals surface area (Å²) in [5.41, 5.74) is 4.15. The lowest BCUT2D eigenvalue weighted by molar-refractivity contribution is -0.384. The van der Waals surface area contributed by atoms with E-state index < -0.39 is 4.92 Å². The van der Waals surface area contributed by atoms with E-state index >= 15 is 0 Å². The molecule has 104 valence electrons. The van der Waals surface area contributed by atoms with E-state index in [9.17, 15) is 10.1 Å². The van der Waals surface area contributed by atoms with E-state index in [1.807, 2.05) is 26.0 Å². The van der Waals surface area contributed by atoms with Crippen LogP contribution in [-0.2, 0) is 0 Å². The first kappa shape index (κ1) is 13.8. The normalized spacial score (nSPS) is 10.2. The Morgan fingerprint density at radius 2 is 2.05 bits per heavy atom. The lowest BCUT2D eigenvalue weighted by atomic mass is 10.1. The van der Waals surface area contributed by atoms with Crippen LogP contribution in [0.25, 0.3) is 0 Å². The van der Waals surface area contributed by atoms with Gasteiger partial charge < -0.3 is 10.2 Å². The number of nitrogens with two attached hydrogens (primary N) is 1. The number of aromatic nitrogens is 1. The van der Waals surface area contributed by atoms with Crippen molar-refractivity contribution < 1.29 is 9.66 Å². The first-order chi connectivity index (χ1) is 9.49. The molecule has 3 N–H and O–H groups in total. The van der Waals surface area contributed by atoms with Crippen molar-refractivity contribution in [3.63, 3.8) is 0 Å². The number of anilines is 1. The molecule has 0 aliphatic carbocycles. The van der Waals surface area contributed by atoms with Crippen LogP contribution in [0.1, 0.15) is 11.1 Å². The van der Waals surface area contributed by atoms with Crippen LogP contribution in [0.15, 0.2) is 30.3 Å². The summed E-state index contributed by atoms with van der Waals surface area (Å²) in [6.45, 7) is 3.86. The van der Waals surface area contributed by atoms with Gasteiger partial charge >= 0.3 is 0 Å². The van der Waals surface area contributed by atoms with Gasteiger partial charge in [0.1, 0.15) is 5.75 Å². The number of pyridine rings is 1. The summed E-state index contributed by atoms with van der Waals surface area (Å²) in [6.07, 6.45) is 0. The lowest BCUT2D eigenvalue weighted by Gasteiger charge is -2.09. The molecule has 20 heavy (non-hydrogen) atoms. The molecule has 0 saturated heterocycles. The summed E-state index contributed by atoms with van der Waals surface area (Å²) in [5.74, 6) is 6.11. The minimum Gasteiger partial charge on any atom is -0.438 e. The Labute approximate surface area is 115 Å². The van der Waals surface area contributed by atoms with Gasteiger partial charge in [-0.1, -0.05) is 17.7 Å². The fraction of sp³-hybridized carbons (Fsp3) is 0.154. The van der Waals surface area contributed by atoms with Crippen LogP contribution in [0.2, 0.25) is 0 Å². The molecule has 1 aromatic heterocycles. The van der Waals surface area contributed by atoms with Crippen LogP contribution < -0.4 is 16.0 Å². The number of ether oxygens (including phenoxy) is 1. The summed E-state index contributed by atoms with van der Waals surface area (Å²) in [7, 11) is 0. The molecule has 1 aromatic carbocycles. The fourth-order valence-corrected chi connectivity index (χ4v) is 1.75. The molecule has 0 aliphatic heterocycles. The van der Waals surface area contributed by atoms with Crippen molar-refractivity contribution in [2.75, 3.05) is 5.43 Å². The van der Waals surface area contributed by atoms with E-state index in [0.29, 0.717) is 5.75 Å². The second-order valence-electron chi connectivity index (χ2n) is 4.32. The predicted molar refractivity (Wildman–Crippen MR) is 74.7 cm³/mol. The Morgan fingerprint density at radius 3 is 2.65 bits per heavy atom. The van der Waals surface area contributed by atoms with E-state index in [2.05, 4.69) is 10.4 Å². The second-order valence-corrected chi connectivity index (χ2v) is 4.32. The molecule has 0 atom stereocenters. The zero-order valence-electron chi connectivity index (χ0n) is 11.1. The van der Waals surface area contributed by atoms with Crippen LogP contribution in [0.3, 0.4) is 0 Å². The number of hydrogen-bond donors (Lipinski definition) is 2. The maximum absolute atomic E-state index is 10.8. The Kier molecular flexibility index (Phi) is 3.81. The van der Waals surface area contributed by atoms with Gasteiger partial charge in [-0.25, -0.2) is 5.84 Å². The molecule has 0 unspecified atom stereocenters. The minimum atomic E-state index is -0.530. The van der Waals surface area contributed by atoms with Gasteiger partial charge in [0.2, 0.25) is 5.88 Å². The second kappa shape index (κ2) is 5.54. The third-order valence-corrected chi connectivity index (χ3v) is 2.69. The topological polar surface area (TPSA) is 103 Å². The average Bonchev–Trinajstić information content (AvgIpc) is 2.41. The highest BCUT2D eigenvalue weighted by Crippen LogP contribution is 2.28. The number of hydrazine groups is 1. The van der Waals surface area contributed by atoms with Gasteiger partial charge in [-0.05, 0) is 25.5 Å². The standard InChI is InChI=1S/C13H14N4O3/c1-8-3-4-11(9(2)5-8)20-13-7-10(17(18)19)6-12(15-13)16-14/h3-7H,14H2,1-2H3,(H,15,16). The molecule has 0 bridgehead atoms. The number of nitrogens with one attached hydrogen (secondary N) is 1. The Balaban J connectivity index is 2.37. The van der Waals surface area contributed by atoms with Gasteiger partial charge in [0.25, 0.3) is 5.69 Å². The molecule has 2 aromatic rings. The summed E-state index contributed by atoms with van der Waals surface area (Å²) < 4.78 is 5.59. The van der Waals surface area contributed by atoms with Crippen molar-refractivity contribution in [2.24, 2.45) is 5.84 Å². The molecule has 0 amide bonds. The number of nitrogens with zero attached hydrogens (tertiary/aromatic N) is 2. The maximum Gasteiger partial charge on any atom is 0.278 e. The monoisotopic (exact) mass is 274 g/mol. The Bertz CT molecular complexity index is 658. The molecule has 2 rings (SSSR count). The van der Waals surface area contributed by atoms with Crippen molar-refractivity contribution in [1.82, 2.24) is 4.98 Å². The van der Waals surface area contributed by atoms with Gasteiger partial charge in [-0.2, -0.15) is 4.98 Å². The van der Waals surface area contributed by atoms with E-state index in [1.54, 1.807) is 6.07 Å². The van der Waals surface area contributed by atoms with Crippen LogP contribution in [0, 0.1) is 24.0 Å². The first-order valence-corrected chi connectivity index (χ1v) is 5.88. The summed E-state index contributed by atoms with van der Waals surface area (Å²) in [6, 6.07) is 8.12.